The highest BCUT2D eigenvalue weighted by Crippen LogP contribution is 2.25. The summed E-state index contributed by atoms with van der Waals surface area (Å²) in [6, 6.07) is 7.41. The monoisotopic (exact) mass is 246 g/mol. The van der Waals surface area contributed by atoms with Gasteiger partial charge >= 0.3 is 5.97 Å². The van der Waals surface area contributed by atoms with Gasteiger partial charge in [0.25, 0.3) is 0 Å². The van der Waals surface area contributed by atoms with E-state index in [1.807, 2.05) is 24.3 Å². The largest absolute Gasteiger partial charge is 0.478 e. The van der Waals surface area contributed by atoms with Crippen LogP contribution in [-0.2, 0) is 13.0 Å². The molecule has 0 atom stereocenters. The zero-order valence-corrected chi connectivity index (χ0v) is 9.73. The van der Waals surface area contributed by atoms with E-state index >= 15 is 0 Å². The summed E-state index contributed by atoms with van der Waals surface area (Å²) in [5, 5.41) is 13.3. The summed E-state index contributed by atoms with van der Waals surface area (Å²) < 4.78 is 0. The van der Waals surface area contributed by atoms with Crippen molar-refractivity contribution in [1.29, 1.82) is 0 Å². The number of carboxylic acid groups (broad SMARTS) is 1. The molecular formula is C13H14N2O3. The summed E-state index contributed by atoms with van der Waals surface area (Å²) in [7, 11) is 0. The molecule has 0 saturated carbocycles. The van der Waals surface area contributed by atoms with Crippen LogP contribution in [0, 0.1) is 0 Å². The Morgan fingerprint density at radius 1 is 1.33 bits per heavy atom. The van der Waals surface area contributed by atoms with E-state index in [1.54, 1.807) is 0 Å². The molecule has 1 aliphatic heterocycles. The van der Waals surface area contributed by atoms with E-state index in [1.165, 1.54) is 0 Å². The standard InChI is InChI=1S/C13H12N2O2.H2O/c16-13(17)12-8-3-1-2-4-10(8)15-11-5-6-14-7-9(11)12;/h1-4,14H,5-7H2,(H,16,17);1H2. The number of para-hydroxylation sites is 1. The maximum atomic E-state index is 11.4. The first kappa shape index (κ1) is 12.5. The lowest BCUT2D eigenvalue weighted by Gasteiger charge is -2.19. The Morgan fingerprint density at radius 2 is 2.11 bits per heavy atom. The number of benzene rings is 1. The van der Waals surface area contributed by atoms with E-state index in [-0.39, 0.29) is 5.48 Å². The van der Waals surface area contributed by atoms with Crippen LogP contribution in [0.2, 0.25) is 0 Å². The van der Waals surface area contributed by atoms with Crippen LogP contribution < -0.4 is 5.32 Å². The van der Waals surface area contributed by atoms with Gasteiger partial charge in [0.15, 0.2) is 0 Å². The molecule has 0 fully saturated rings. The Morgan fingerprint density at radius 3 is 2.89 bits per heavy atom. The number of nitrogens with one attached hydrogen (secondary N) is 1. The van der Waals surface area contributed by atoms with Crippen LogP contribution in [0.3, 0.4) is 0 Å². The molecule has 0 aliphatic carbocycles. The molecule has 0 amide bonds. The normalized spacial score (nSPS) is 13.8. The van der Waals surface area contributed by atoms with Gasteiger partial charge in [0, 0.05) is 36.2 Å². The highest BCUT2D eigenvalue weighted by atomic mass is 16.4. The summed E-state index contributed by atoms with van der Waals surface area (Å²) in [5.74, 6) is -0.872. The van der Waals surface area contributed by atoms with Gasteiger partial charge in [-0.15, -0.1) is 0 Å². The fourth-order valence-electron chi connectivity index (χ4n) is 2.36. The third-order valence-electron chi connectivity index (χ3n) is 3.13. The summed E-state index contributed by atoms with van der Waals surface area (Å²) in [5.41, 5.74) is 2.92. The number of aromatic nitrogens is 1. The van der Waals surface area contributed by atoms with Gasteiger partial charge in [0.1, 0.15) is 0 Å². The Bertz CT molecular complexity index is 610. The molecule has 18 heavy (non-hydrogen) atoms. The SMILES string of the molecule is O.O=C(O)c1c2c(nc3ccccc13)CCNC2. The molecule has 0 spiro atoms. The first-order valence-electron chi connectivity index (χ1n) is 5.62. The molecule has 0 bridgehead atoms. The second-order valence-electron chi connectivity index (χ2n) is 4.16. The number of hydrogen-bond donors (Lipinski definition) is 2. The summed E-state index contributed by atoms with van der Waals surface area (Å²) in [6.45, 7) is 1.45. The van der Waals surface area contributed by atoms with Gasteiger partial charge in [-0.25, -0.2) is 4.79 Å². The van der Waals surface area contributed by atoms with E-state index in [0.717, 1.165) is 35.1 Å². The number of carboxylic acids is 1. The van der Waals surface area contributed by atoms with Crippen molar-refractivity contribution >= 4 is 16.9 Å². The van der Waals surface area contributed by atoms with E-state index < -0.39 is 5.97 Å². The van der Waals surface area contributed by atoms with E-state index in [0.29, 0.717) is 12.1 Å². The molecule has 0 unspecified atom stereocenters. The number of rotatable bonds is 1. The lowest BCUT2D eigenvalue weighted by atomic mass is 9.97. The van der Waals surface area contributed by atoms with Crippen LogP contribution >= 0.6 is 0 Å². The number of hydrogen-bond acceptors (Lipinski definition) is 3. The molecular weight excluding hydrogens is 232 g/mol. The maximum absolute atomic E-state index is 11.4. The van der Waals surface area contributed by atoms with Gasteiger partial charge < -0.3 is 15.9 Å². The van der Waals surface area contributed by atoms with Gasteiger partial charge in [-0.3, -0.25) is 4.98 Å². The van der Waals surface area contributed by atoms with Crippen molar-refractivity contribution in [2.24, 2.45) is 0 Å². The van der Waals surface area contributed by atoms with Crippen LogP contribution in [0.15, 0.2) is 24.3 Å². The molecule has 5 nitrogen and oxygen atoms in total. The smallest absolute Gasteiger partial charge is 0.336 e. The molecule has 0 radical (unpaired) electrons. The Kier molecular flexibility index (Phi) is 3.27. The van der Waals surface area contributed by atoms with Crippen molar-refractivity contribution in [2.75, 3.05) is 6.54 Å². The topological polar surface area (TPSA) is 93.7 Å². The van der Waals surface area contributed by atoms with Crippen molar-refractivity contribution in [3.05, 3.63) is 41.1 Å². The molecule has 4 N–H and O–H groups in total. The Labute approximate surface area is 104 Å². The van der Waals surface area contributed by atoms with Crippen molar-refractivity contribution in [1.82, 2.24) is 10.3 Å². The Balaban J connectivity index is 0.00000120. The minimum Gasteiger partial charge on any atom is -0.478 e. The average molecular weight is 246 g/mol. The van der Waals surface area contributed by atoms with Gasteiger partial charge in [-0.1, -0.05) is 18.2 Å². The minimum atomic E-state index is -0.872. The fourth-order valence-corrected chi connectivity index (χ4v) is 2.36. The van der Waals surface area contributed by atoms with E-state index in [9.17, 15) is 9.90 Å². The van der Waals surface area contributed by atoms with Crippen molar-refractivity contribution in [3.63, 3.8) is 0 Å². The highest BCUT2D eigenvalue weighted by molar-refractivity contribution is 6.04. The van der Waals surface area contributed by atoms with Crippen molar-refractivity contribution in [3.8, 4) is 0 Å². The molecule has 5 heteroatoms. The minimum absolute atomic E-state index is 0. The quantitative estimate of drug-likeness (QED) is 0.776. The number of pyridine rings is 1. The summed E-state index contributed by atoms with van der Waals surface area (Å²) in [6.07, 6.45) is 0.792. The summed E-state index contributed by atoms with van der Waals surface area (Å²) in [4.78, 5) is 16.0. The second kappa shape index (κ2) is 4.72. The Hall–Kier alpha value is -1.98. The first-order chi connectivity index (χ1) is 8.27. The van der Waals surface area contributed by atoms with Crippen LogP contribution in [-0.4, -0.2) is 28.1 Å². The van der Waals surface area contributed by atoms with Crippen LogP contribution in [0.4, 0.5) is 0 Å². The van der Waals surface area contributed by atoms with Gasteiger partial charge in [0.2, 0.25) is 0 Å². The molecule has 2 heterocycles. The summed E-state index contributed by atoms with van der Waals surface area (Å²) >= 11 is 0. The second-order valence-corrected chi connectivity index (χ2v) is 4.16. The molecule has 1 aromatic heterocycles. The molecule has 2 aromatic rings. The molecule has 94 valence electrons. The van der Waals surface area contributed by atoms with Gasteiger partial charge in [-0.05, 0) is 6.07 Å². The average Bonchev–Trinajstić information content (AvgIpc) is 2.35. The van der Waals surface area contributed by atoms with Crippen LogP contribution in [0.5, 0.6) is 0 Å². The highest BCUT2D eigenvalue weighted by Gasteiger charge is 2.21. The van der Waals surface area contributed by atoms with Crippen LogP contribution in [0.1, 0.15) is 21.6 Å². The fraction of sp³-hybridized carbons (Fsp3) is 0.231. The third-order valence-corrected chi connectivity index (χ3v) is 3.13. The lowest BCUT2D eigenvalue weighted by Crippen LogP contribution is -2.27. The number of nitrogens with zero attached hydrogens (tertiary/aromatic N) is 1. The van der Waals surface area contributed by atoms with Gasteiger partial charge in [0.05, 0.1) is 11.1 Å². The maximum Gasteiger partial charge on any atom is 0.336 e. The predicted octanol–water partition coefficient (Wildman–Crippen LogP) is 0.754. The zero-order valence-electron chi connectivity index (χ0n) is 9.73. The number of carbonyl (C=O) groups is 1. The predicted molar refractivity (Wildman–Crippen MR) is 67.7 cm³/mol. The van der Waals surface area contributed by atoms with Crippen LogP contribution in [0.25, 0.3) is 10.9 Å². The molecule has 0 saturated heterocycles. The van der Waals surface area contributed by atoms with Crippen molar-refractivity contribution < 1.29 is 15.4 Å². The molecule has 1 aromatic carbocycles. The zero-order chi connectivity index (χ0) is 11.8. The van der Waals surface area contributed by atoms with Gasteiger partial charge in [-0.2, -0.15) is 0 Å². The molecule has 1 aliphatic rings. The lowest BCUT2D eigenvalue weighted by molar-refractivity contribution is 0.0697. The molecule has 3 rings (SSSR count). The van der Waals surface area contributed by atoms with E-state index in [4.69, 9.17) is 0 Å². The number of aromatic carboxylic acids is 1. The third kappa shape index (κ3) is 1.83. The first-order valence-corrected chi connectivity index (χ1v) is 5.62. The van der Waals surface area contributed by atoms with E-state index in [2.05, 4.69) is 10.3 Å². The van der Waals surface area contributed by atoms with Crippen molar-refractivity contribution in [2.45, 2.75) is 13.0 Å². The number of fused-ring (bicyclic) bond motifs is 2.